The molecule has 1 rings (SSSR count). The van der Waals surface area contributed by atoms with Gasteiger partial charge in [-0.2, -0.15) is 13.2 Å². The SMILES string of the molecule is COC(=O)C(C)NCc1ccccc1C(F)(F)F. The van der Waals surface area contributed by atoms with Crippen LogP contribution < -0.4 is 5.32 Å². The number of hydrogen-bond acceptors (Lipinski definition) is 3. The average molecular weight is 261 g/mol. The molecule has 0 amide bonds. The minimum Gasteiger partial charge on any atom is -0.468 e. The van der Waals surface area contributed by atoms with Crippen LogP contribution in [0.3, 0.4) is 0 Å². The number of nitrogens with one attached hydrogen (secondary N) is 1. The van der Waals surface area contributed by atoms with Crippen LogP contribution in [0.4, 0.5) is 13.2 Å². The van der Waals surface area contributed by atoms with Crippen LogP contribution in [0.5, 0.6) is 0 Å². The van der Waals surface area contributed by atoms with E-state index in [1.54, 1.807) is 0 Å². The molecule has 0 aliphatic rings. The first-order chi connectivity index (χ1) is 8.36. The van der Waals surface area contributed by atoms with Crippen LogP contribution in [0, 0.1) is 0 Å². The third-order valence-corrected chi connectivity index (χ3v) is 2.48. The number of ether oxygens (including phenoxy) is 1. The highest BCUT2D eigenvalue weighted by Gasteiger charge is 2.32. The first kappa shape index (κ1) is 14.5. The van der Waals surface area contributed by atoms with Crippen molar-refractivity contribution < 1.29 is 22.7 Å². The van der Waals surface area contributed by atoms with E-state index in [0.717, 1.165) is 6.07 Å². The summed E-state index contributed by atoms with van der Waals surface area (Å²) in [5.74, 6) is -0.514. The van der Waals surface area contributed by atoms with Gasteiger partial charge in [-0.25, -0.2) is 0 Å². The normalized spacial score (nSPS) is 13.2. The van der Waals surface area contributed by atoms with Crippen LogP contribution in [-0.2, 0) is 22.3 Å². The molecule has 0 bridgehead atoms. The van der Waals surface area contributed by atoms with Gasteiger partial charge in [-0.05, 0) is 18.6 Å². The molecule has 0 aliphatic heterocycles. The largest absolute Gasteiger partial charge is 0.468 e. The predicted molar refractivity (Wildman–Crippen MR) is 59.8 cm³/mol. The van der Waals surface area contributed by atoms with Crippen LogP contribution >= 0.6 is 0 Å². The van der Waals surface area contributed by atoms with Crippen LogP contribution in [-0.4, -0.2) is 19.1 Å². The number of carbonyl (C=O) groups is 1. The minimum atomic E-state index is -4.40. The van der Waals surface area contributed by atoms with E-state index >= 15 is 0 Å². The summed E-state index contributed by atoms with van der Waals surface area (Å²) in [7, 11) is 1.23. The summed E-state index contributed by atoms with van der Waals surface area (Å²) in [5, 5.41) is 2.69. The Morgan fingerprint density at radius 1 is 1.39 bits per heavy atom. The molecule has 0 radical (unpaired) electrons. The van der Waals surface area contributed by atoms with Crippen molar-refractivity contribution in [1.29, 1.82) is 0 Å². The second-order valence-electron chi connectivity index (χ2n) is 3.78. The van der Waals surface area contributed by atoms with Crippen LogP contribution in [0.25, 0.3) is 0 Å². The second-order valence-corrected chi connectivity index (χ2v) is 3.78. The highest BCUT2D eigenvalue weighted by Crippen LogP contribution is 2.31. The van der Waals surface area contributed by atoms with Crippen LogP contribution in [0.15, 0.2) is 24.3 Å². The number of carbonyl (C=O) groups excluding carboxylic acids is 1. The number of halogens is 3. The third kappa shape index (κ3) is 3.73. The van der Waals surface area contributed by atoms with Crippen molar-refractivity contribution in [3.63, 3.8) is 0 Å². The molecule has 6 heteroatoms. The maximum Gasteiger partial charge on any atom is 0.416 e. The minimum absolute atomic E-state index is 0.0497. The lowest BCUT2D eigenvalue weighted by Crippen LogP contribution is -2.34. The number of methoxy groups -OCH3 is 1. The van der Waals surface area contributed by atoms with Gasteiger partial charge in [0.2, 0.25) is 0 Å². The molecule has 0 saturated heterocycles. The number of benzene rings is 1. The van der Waals surface area contributed by atoms with Gasteiger partial charge in [0, 0.05) is 6.54 Å². The van der Waals surface area contributed by atoms with E-state index in [1.807, 2.05) is 0 Å². The van der Waals surface area contributed by atoms with Gasteiger partial charge in [0.05, 0.1) is 12.7 Å². The van der Waals surface area contributed by atoms with E-state index in [2.05, 4.69) is 10.1 Å². The van der Waals surface area contributed by atoms with Gasteiger partial charge in [0.1, 0.15) is 6.04 Å². The molecule has 1 aromatic carbocycles. The zero-order chi connectivity index (χ0) is 13.8. The molecular formula is C12H14F3NO2. The number of esters is 1. The average Bonchev–Trinajstić information content (AvgIpc) is 2.34. The van der Waals surface area contributed by atoms with E-state index < -0.39 is 23.8 Å². The molecule has 1 unspecified atom stereocenters. The van der Waals surface area contributed by atoms with E-state index in [9.17, 15) is 18.0 Å². The Bertz CT molecular complexity index is 418. The van der Waals surface area contributed by atoms with Gasteiger partial charge in [0.15, 0.2) is 0 Å². The smallest absolute Gasteiger partial charge is 0.416 e. The second kappa shape index (κ2) is 5.86. The van der Waals surface area contributed by atoms with E-state index in [4.69, 9.17) is 0 Å². The summed E-state index contributed by atoms with van der Waals surface area (Å²) >= 11 is 0. The summed E-state index contributed by atoms with van der Waals surface area (Å²) in [6, 6.07) is 4.58. The quantitative estimate of drug-likeness (QED) is 0.845. The van der Waals surface area contributed by atoms with Gasteiger partial charge >= 0.3 is 12.1 Å². The van der Waals surface area contributed by atoms with Crippen molar-refractivity contribution in [2.45, 2.75) is 25.7 Å². The summed E-state index contributed by atoms with van der Waals surface area (Å²) in [5.41, 5.74) is -0.602. The highest BCUT2D eigenvalue weighted by atomic mass is 19.4. The predicted octanol–water partition coefficient (Wildman–Crippen LogP) is 2.36. The van der Waals surface area contributed by atoms with Crippen molar-refractivity contribution in [3.05, 3.63) is 35.4 Å². The van der Waals surface area contributed by atoms with Gasteiger partial charge in [-0.15, -0.1) is 0 Å². The zero-order valence-corrected chi connectivity index (χ0v) is 10.0. The van der Waals surface area contributed by atoms with E-state index in [0.29, 0.717) is 0 Å². The molecule has 1 aromatic rings. The highest BCUT2D eigenvalue weighted by molar-refractivity contribution is 5.75. The standard InChI is InChI=1S/C12H14F3NO2/c1-8(11(17)18-2)16-7-9-5-3-4-6-10(9)12(13,14)15/h3-6,8,16H,7H2,1-2H3. The lowest BCUT2D eigenvalue weighted by molar-refractivity contribution is -0.142. The van der Waals surface area contributed by atoms with Crippen molar-refractivity contribution in [1.82, 2.24) is 5.32 Å². The fraction of sp³-hybridized carbons (Fsp3) is 0.417. The lowest BCUT2D eigenvalue weighted by Gasteiger charge is -2.15. The van der Waals surface area contributed by atoms with Gasteiger partial charge in [-0.3, -0.25) is 4.79 Å². The molecule has 0 aromatic heterocycles. The molecule has 18 heavy (non-hydrogen) atoms. The van der Waals surface area contributed by atoms with E-state index in [1.165, 1.54) is 32.2 Å². The van der Waals surface area contributed by atoms with Gasteiger partial charge < -0.3 is 10.1 Å². The zero-order valence-electron chi connectivity index (χ0n) is 10.0. The number of alkyl halides is 3. The summed E-state index contributed by atoms with van der Waals surface area (Å²) in [6.07, 6.45) is -4.40. The topological polar surface area (TPSA) is 38.3 Å². The summed E-state index contributed by atoms with van der Waals surface area (Å²) < 4.78 is 42.5. The lowest BCUT2D eigenvalue weighted by atomic mass is 10.1. The molecule has 0 saturated carbocycles. The molecule has 0 aliphatic carbocycles. The Morgan fingerprint density at radius 3 is 2.56 bits per heavy atom. The monoisotopic (exact) mass is 261 g/mol. The maximum atomic E-state index is 12.7. The molecule has 100 valence electrons. The Balaban J connectivity index is 2.77. The summed E-state index contributed by atoms with van der Waals surface area (Å²) in [4.78, 5) is 11.1. The summed E-state index contributed by atoms with van der Waals surface area (Å²) in [6.45, 7) is 1.48. The molecule has 0 fully saturated rings. The molecular weight excluding hydrogens is 247 g/mol. The van der Waals surface area contributed by atoms with Crippen LogP contribution in [0.1, 0.15) is 18.1 Å². The number of rotatable bonds is 4. The molecule has 1 atom stereocenters. The fourth-order valence-corrected chi connectivity index (χ4v) is 1.47. The molecule has 1 N–H and O–H groups in total. The molecule has 3 nitrogen and oxygen atoms in total. The fourth-order valence-electron chi connectivity index (χ4n) is 1.47. The maximum absolute atomic E-state index is 12.7. The van der Waals surface area contributed by atoms with Crippen molar-refractivity contribution in [3.8, 4) is 0 Å². The van der Waals surface area contributed by atoms with E-state index in [-0.39, 0.29) is 12.1 Å². The Hall–Kier alpha value is -1.56. The Kier molecular flexibility index (Phi) is 4.72. The first-order valence-corrected chi connectivity index (χ1v) is 5.32. The Labute approximate surface area is 103 Å². The van der Waals surface area contributed by atoms with Crippen molar-refractivity contribution >= 4 is 5.97 Å². The van der Waals surface area contributed by atoms with Gasteiger partial charge in [0.25, 0.3) is 0 Å². The van der Waals surface area contributed by atoms with Crippen LogP contribution in [0.2, 0.25) is 0 Å². The first-order valence-electron chi connectivity index (χ1n) is 5.32. The van der Waals surface area contributed by atoms with Gasteiger partial charge in [-0.1, -0.05) is 18.2 Å². The molecule has 0 spiro atoms. The van der Waals surface area contributed by atoms with Crippen molar-refractivity contribution in [2.75, 3.05) is 7.11 Å². The third-order valence-electron chi connectivity index (χ3n) is 2.48. The van der Waals surface area contributed by atoms with Crippen molar-refractivity contribution in [2.24, 2.45) is 0 Å². The Morgan fingerprint density at radius 2 is 2.00 bits per heavy atom. The number of hydrogen-bond donors (Lipinski definition) is 1. The molecule has 0 heterocycles.